The fourth-order valence-electron chi connectivity index (χ4n) is 2.21. The van der Waals surface area contributed by atoms with Crippen LogP contribution in [0.5, 0.6) is 0 Å². The van der Waals surface area contributed by atoms with Crippen LogP contribution in [0, 0.1) is 0 Å². The van der Waals surface area contributed by atoms with Gasteiger partial charge in [0, 0.05) is 17.4 Å². The molecular formula is C16H22N2O. The molecule has 2 aromatic heterocycles. The summed E-state index contributed by atoms with van der Waals surface area (Å²) in [5.41, 5.74) is 2.65. The van der Waals surface area contributed by atoms with E-state index in [2.05, 4.69) is 23.6 Å². The molecule has 102 valence electrons. The lowest BCUT2D eigenvalue weighted by Crippen LogP contribution is -2.40. The first-order valence-electron chi connectivity index (χ1n) is 6.72. The Morgan fingerprint density at radius 2 is 1.95 bits per heavy atom. The number of carbonyl (C=O) groups excluding carboxylic acids is 1. The van der Waals surface area contributed by atoms with Crippen molar-refractivity contribution in [2.24, 2.45) is 0 Å². The Morgan fingerprint density at radius 1 is 1.26 bits per heavy atom. The van der Waals surface area contributed by atoms with Crippen LogP contribution in [-0.4, -0.2) is 15.8 Å². The number of nitrogens with one attached hydrogen (secondary N) is 1. The third kappa shape index (κ3) is 2.80. The van der Waals surface area contributed by atoms with Gasteiger partial charge in [0.15, 0.2) is 0 Å². The quantitative estimate of drug-likeness (QED) is 0.877. The van der Waals surface area contributed by atoms with Gasteiger partial charge in [-0.05, 0) is 44.9 Å². The number of aromatic nitrogens is 1. The second-order valence-electron chi connectivity index (χ2n) is 6.30. The Bertz CT molecular complexity index is 603. The van der Waals surface area contributed by atoms with Crippen molar-refractivity contribution in [2.75, 3.05) is 0 Å². The normalized spacial score (nSPS) is 12.1. The summed E-state index contributed by atoms with van der Waals surface area (Å²) in [4.78, 5) is 12.4. The number of nitrogens with zero attached hydrogens (tertiary/aromatic N) is 1. The van der Waals surface area contributed by atoms with Gasteiger partial charge < -0.3 is 9.72 Å². The Balaban J connectivity index is 2.52. The maximum Gasteiger partial charge on any atom is 0.253 e. The standard InChI is InChI=1S/C16H22N2O/c1-11(2)14-10-12(15(19)17-16(3,4)5)13-8-6-7-9-18(13)14/h6-11H,1-5H3,(H,17,19). The van der Waals surface area contributed by atoms with Crippen molar-refractivity contribution in [3.8, 4) is 0 Å². The second-order valence-corrected chi connectivity index (χ2v) is 6.30. The highest BCUT2D eigenvalue weighted by Gasteiger charge is 2.20. The van der Waals surface area contributed by atoms with E-state index in [0.717, 1.165) is 16.8 Å². The topological polar surface area (TPSA) is 33.5 Å². The van der Waals surface area contributed by atoms with E-state index in [-0.39, 0.29) is 11.4 Å². The van der Waals surface area contributed by atoms with Crippen LogP contribution < -0.4 is 5.32 Å². The fourth-order valence-corrected chi connectivity index (χ4v) is 2.21. The third-order valence-corrected chi connectivity index (χ3v) is 3.03. The van der Waals surface area contributed by atoms with Crippen molar-refractivity contribution in [2.45, 2.75) is 46.1 Å². The van der Waals surface area contributed by atoms with Gasteiger partial charge in [0.1, 0.15) is 0 Å². The molecule has 1 amide bonds. The molecule has 1 N–H and O–H groups in total. The number of rotatable bonds is 2. The lowest BCUT2D eigenvalue weighted by atomic mass is 10.1. The molecule has 0 radical (unpaired) electrons. The molecule has 0 saturated carbocycles. The zero-order valence-electron chi connectivity index (χ0n) is 12.3. The molecule has 0 aliphatic rings. The van der Waals surface area contributed by atoms with E-state index in [9.17, 15) is 4.79 Å². The van der Waals surface area contributed by atoms with Crippen LogP contribution in [0.1, 0.15) is 56.6 Å². The number of hydrogen-bond donors (Lipinski definition) is 1. The minimum Gasteiger partial charge on any atom is -0.347 e. The van der Waals surface area contributed by atoms with E-state index < -0.39 is 0 Å². The Hall–Kier alpha value is -1.77. The van der Waals surface area contributed by atoms with Crippen LogP contribution in [-0.2, 0) is 0 Å². The van der Waals surface area contributed by atoms with Gasteiger partial charge in [0.2, 0.25) is 0 Å². The molecule has 0 bridgehead atoms. The number of pyridine rings is 1. The van der Waals surface area contributed by atoms with Crippen LogP contribution in [0.3, 0.4) is 0 Å². The highest BCUT2D eigenvalue weighted by atomic mass is 16.1. The highest BCUT2D eigenvalue weighted by Crippen LogP contribution is 2.23. The highest BCUT2D eigenvalue weighted by molar-refractivity contribution is 6.01. The van der Waals surface area contributed by atoms with Crippen molar-refractivity contribution in [1.82, 2.24) is 9.72 Å². The van der Waals surface area contributed by atoms with Gasteiger partial charge in [0.05, 0.1) is 11.1 Å². The molecule has 0 aliphatic heterocycles. The first-order chi connectivity index (χ1) is 8.79. The van der Waals surface area contributed by atoms with Gasteiger partial charge in [-0.15, -0.1) is 0 Å². The summed E-state index contributed by atoms with van der Waals surface area (Å²) in [7, 11) is 0. The minimum absolute atomic E-state index is 0.0110. The summed E-state index contributed by atoms with van der Waals surface area (Å²) in [5, 5.41) is 3.03. The summed E-state index contributed by atoms with van der Waals surface area (Å²) < 4.78 is 2.10. The first-order valence-corrected chi connectivity index (χ1v) is 6.72. The zero-order valence-corrected chi connectivity index (χ0v) is 12.3. The van der Waals surface area contributed by atoms with E-state index in [1.165, 1.54) is 0 Å². The molecule has 0 fully saturated rings. The second kappa shape index (κ2) is 4.72. The van der Waals surface area contributed by atoms with Crippen molar-refractivity contribution in [3.63, 3.8) is 0 Å². The number of carbonyl (C=O) groups is 1. The van der Waals surface area contributed by atoms with E-state index >= 15 is 0 Å². The molecule has 2 rings (SSSR count). The lowest BCUT2D eigenvalue weighted by molar-refractivity contribution is 0.0921. The van der Waals surface area contributed by atoms with Gasteiger partial charge in [-0.1, -0.05) is 19.9 Å². The smallest absolute Gasteiger partial charge is 0.253 e. The average molecular weight is 258 g/mol. The molecule has 0 saturated heterocycles. The van der Waals surface area contributed by atoms with Crippen LogP contribution >= 0.6 is 0 Å². The maximum atomic E-state index is 12.4. The molecular weight excluding hydrogens is 236 g/mol. The Morgan fingerprint density at radius 3 is 2.53 bits per heavy atom. The van der Waals surface area contributed by atoms with Crippen LogP contribution in [0.25, 0.3) is 5.52 Å². The zero-order chi connectivity index (χ0) is 14.2. The minimum atomic E-state index is -0.224. The largest absolute Gasteiger partial charge is 0.347 e. The predicted octanol–water partition coefficient (Wildman–Crippen LogP) is 3.59. The van der Waals surface area contributed by atoms with Crippen LogP contribution in [0.15, 0.2) is 30.5 Å². The van der Waals surface area contributed by atoms with Crippen molar-refractivity contribution in [3.05, 3.63) is 41.7 Å². The monoisotopic (exact) mass is 258 g/mol. The van der Waals surface area contributed by atoms with Gasteiger partial charge in [0.25, 0.3) is 5.91 Å². The molecule has 19 heavy (non-hydrogen) atoms. The maximum absolute atomic E-state index is 12.4. The SMILES string of the molecule is CC(C)c1cc(C(=O)NC(C)(C)C)c2ccccn12. The summed E-state index contributed by atoms with van der Waals surface area (Å²) in [5.74, 6) is 0.370. The van der Waals surface area contributed by atoms with E-state index in [1.54, 1.807) is 0 Å². The van der Waals surface area contributed by atoms with Gasteiger partial charge in [-0.25, -0.2) is 0 Å². The third-order valence-electron chi connectivity index (χ3n) is 3.03. The van der Waals surface area contributed by atoms with Crippen LogP contribution in [0.2, 0.25) is 0 Å². The number of hydrogen-bond acceptors (Lipinski definition) is 1. The van der Waals surface area contributed by atoms with Crippen molar-refractivity contribution < 1.29 is 4.79 Å². The summed E-state index contributed by atoms with van der Waals surface area (Å²) in [6.45, 7) is 10.3. The molecule has 2 aromatic rings. The lowest BCUT2D eigenvalue weighted by Gasteiger charge is -2.20. The average Bonchev–Trinajstić information content (AvgIpc) is 2.66. The summed E-state index contributed by atoms with van der Waals surface area (Å²) in [6.07, 6.45) is 2.01. The number of amides is 1. The molecule has 0 atom stereocenters. The van der Waals surface area contributed by atoms with Gasteiger partial charge in [-0.2, -0.15) is 0 Å². The van der Waals surface area contributed by atoms with Crippen molar-refractivity contribution >= 4 is 11.4 Å². The van der Waals surface area contributed by atoms with Gasteiger partial charge in [-0.3, -0.25) is 4.79 Å². The van der Waals surface area contributed by atoms with E-state index in [0.29, 0.717) is 5.92 Å². The summed E-state index contributed by atoms with van der Waals surface area (Å²) in [6, 6.07) is 7.95. The molecule has 2 heterocycles. The predicted molar refractivity (Wildman–Crippen MR) is 78.7 cm³/mol. The molecule has 0 aromatic carbocycles. The van der Waals surface area contributed by atoms with Crippen molar-refractivity contribution in [1.29, 1.82) is 0 Å². The van der Waals surface area contributed by atoms with Gasteiger partial charge >= 0.3 is 0 Å². The molecule has 3 heteroatoms. The first kappa shape index (κ1) is 13.7. The number of fused-ring (bicyclic) bond motifs is 1. The fraction of sp³-hybridized carbons (Fsp3) is 0.438. The summed E-state index contributed by atoms with van der Waals surface area (Å²) >= 11 is 0. The van der Waals surface area contributed by atoms with E-state index in [1.807, 2.05) is 51.2 Å². The molecule has 3 nitrogen and oxygen atoms in total. The Kier molecular flexibility index (Phi) is 3.40. The van der Waals surface area contributed by atoms with Crippen LogP contribution in [0.4, 0.5) is 0 Å². The Labute approximate surface area is 114 Å². The molecule has 0 unspecified atom stereocenters. The van der Waals surface area contributed by atoms with E-state index in [4.69, 9.17) is 0 Å². The molecule has 0 spiro atoms. The molecule has 0 aliphatic carbocycles.